The minimum absolute atomic E-state index is 0.228. The van der Waals surface area contributed by atoms with Crippen LogP contribution in [0.1, 0.15) is 5.56 Å². The summed E-state index contributed by atoms with van der Waals surface area (Å²) in [6.07, 6.45) is 0. The molecule has 0 spiro atoms. The predicted octanol–water partition coefficient (Wildman–Crippen LogP) is 2.70. The van der Waals surface area contributed by atoms with Crippen LogP contribution < -0.4 is 5.73 Å². The number of benzene rings is 1. The van der Waals surface area contributed by atoms with E-state index in [9.17, 15) is 5.11 Å². The number of aromatic nitrogens is 1. The maximum absolute atomic E-state index is 9.57. The highest BCUT2D eigenvalue weighted by Crippen LogP contribution is 2.33. The fourth-order valence-corrected chi connectivity index (χ4v) is 1.86. The van der Waals surface area contributed by atoms with Crippen LogP contribution in [-0.2, 0) is 0 Å². The number of halogens is 1. The largest absolute Gasteiger partial charge is 0.506 e. The molecule has 2 aromatic rings. The average Bonchev–Trinajstić information content (AvgIpc) is 2.60. The summed E-state index contributed by atoms with van der Waals surface area (Å²) in [7, 11) is 0. The number of hydrogen-bond acceptors (Lipinski definition) is 4. The van der Waals surface area contributed by atoms with Crippen LogP contribution in [0.15, 0.2) is 27.2 Å². The Bertz CT molecular complexity index is 485. The van der Waals surface area contributed by atoms with Crippen LogP contribution in [0.4, 0.5) is 5.82 Å². The molecule has 0 bridgehead atoms. The highest BCUT2D eigenvalue weighted by molar-refractivity contribution is 9.10. The van der Waals surface area contributed by atoms with Crippen LogP contribution in [0.3, 0.4) is 0 Å². The monoisotopic (exact) mass is 268 g/mol. The second kappa shape index (κ2) is 3.58. The lowest BCUT2D eigenvalue weighted by molar-refractivity contribution is 0.435. The lowest BCUT2D eigenvalue weighted by Gasteiger charge is -2.03. The Morgan fingerprint density at radius 3 is 2.67 bits per heavy atom. The van der Waals surface area contributed by atoms with Crippen LogP contribution in [-0.4, -0.2) is 10.3 Å². The summed E-state index contributed by atoms with van der Waals surface area (Å²) >= 11 is 3.26. The number of anilines is 1. The first-order chi connectivity index (χ1) is 7.08. The third-order valence-electron chi connectivity index (χ3n) is 2.07. The molecule has 0 radical (unpaired) electrons. The van der Waals surface area contributed by atoms with Crippen molar-refractivity contribution in [2.75, 3.05) is 5.73 Å². The van der Waals surface area contributed by atoms with Crippen LogP contribution in [0.5, 0.6) is 5.75 Å². The molecule has 5 heteroatoms. The number of nitrogen functional groups attached to an aromatic ring is 1. The molecule has 78 valence electrons. The van der Waals surface area contributed by atoms with Crippen molar-refractivity contribution >= 4 is 21.7 Å². The van der Waals surface area contributed by atoms with Gasteiger partial charge in [-0.2, -0.15) is 0 Å². The zero-order valence-corrected chi connectivity index (χ0v) is 9.58. The number of hydrogen-bond donors (Lipinski definition) is 2. The van der Waals surface area contributed by atoms with E-state index in [-0.39, 0.29) is 5.75 Å². The molecule has 1 heterocycles. The zero-order valence-electron chi connectivity index (χ0n) is 7.99. The van der Waals surface area contributed by atoms with Gasteiger partial charge >= 0.3 is 0 Å². The molecule has 0 saturated heterocycles. The number of phenolic OH excluding ortho intramolecular Hbond substituents is 1. The highest BCUT2D eigenvalue weighted by atomic mass is 79.9. The second-order valence-electron chi connectivity index (χ2n) is 3.24. The van der Waals surface area contributed by atoms with Crippen molar-refractivity contribution in [3.05, 3.63) is 28.2 Å². The molecule has 1 aromatic heterocycles. The molecule has 4 nitrogen and oxygen atoms in total. The van der Waals surface area contributed by atoms with Crippen molar-refractivity contribution < 1.29 is 9.63 Å². The number of rotatable bonds is 1. The minimum atomic E-state index is 0.228. The summed E-state index contributed by atoms with van der Waals surface area (Å²) in [5.41, 5.74) is 7.04. The Labute approximate surface area is 94.8 Å². The molecule has 0 saturated carbocycles. The molecule has 3 N–H and O–H groups in total. The van der Waals surface area contributed by atoms with Gasteiger partial charge in [0.2, 0.25) is 0 Å². The first-order valence-corrected chi connectivity index (χ1v) is 5.09. The first kappa shape index (κ1) is 10.0. The van der Waals surface area contributed by atoms with Gasteiger partial charge in [-0.25, -0.2) is 0 Å². The second-order valence-corrected chi connectivity index (χ2v) is 4.09. The maximum atomic E-state index is 9.57. The minimum Gasteiger partial charge on any atom is -0.506 e. The molecule has 0 unspecified atom stereocenters. The predicted molar refractivity (Wildman–Crippen MR) is 60.5 cm³/mol. The van der Waals surface area contributed by atoms with E-state index in [1.165, 1.54) is 0 Å². The van der Waals surface area contributed by atoms with Crippen LogP contribution in [0.2, 0.25) is 0 Å². The van der Waals surface area contributed by atoms with Gasteiger partial charge in [0, 0.05) is 11.6 Å². The Balaban J connectivity index is 2.55. The lowest BCUT2D eigenvalue weighted by Crippen LogP contribution is -1.81. The quantitative estimate of drug-likeness (QED) is 0.834. The Morgan fingerprint density at radius 1 is 1.40 bits per heavy atom. The van der Waals surface area contributed by atoms with E-state index >= 15 is 0 Å². The number of aryl methyl sites for hydroxylation is 1. The molecule has 0 atom stereocenters. The molecular weight excluding hydrogens is 260 g/mol. The van der Waals surface area contributed by atoms with Gasteiger partial charge in [0.25, 0.3) is 0 Å². The van der Waals surface area contributed by atoms with E-state index in [0.29, 0.717) is 16.1 Å². The normalized spacial score (nSPS) is 10.5. The Hall–Kier alpha value is -1.49. The fraction of sp³-hybridized carbons (Fsp3) is 0.100. The van der Waals surface area contributed by atoms with Crippen molar-refractivity contribution in [3.63, 3.8) is 0 Å². The summed E-state index contributed by atoms with van der Waals surface area (Å²) in [5, 5.41) is 13.2. The number of aromatic hydroxyl groups is 1. The van der Waals surface area contributed by atoms with Crippen molar-refractivity contribution in [3.8, 4) is 17.1 Å². The first-order valence-electron chi connectivity index (χ1n) is 4.29. The van der Waals surface area contributed by atoms with Gasteiger partial charge in [0.05, 0.1) is 4.47 Å². The highest BCUT2D eigenvalue weighted by Gasteiger charge is 2.09. The lowest BCUT2D eigenvalue weighted by atomic mass is 10.1. The van der Waals surface area contributed by atoms with Gasteiger partial charge in [-0.15, -0.1) is 0 Å². The number of nitrogens with zero attached hydrogens (tertiary/aromatic N) is 1. The molecule has 2 rings (SSSR count). The SMILES string of the molecule is Cc1cc(-c2cc(N)no2)cc(Br)c1O. The zero-order chi connectivity index (χ0) is 11.0. The van der Waals surface area contributed by atoms with Gasteiger partial charge in [-0.3, -0.25) is 0 Å². The summed E-state index contributed by atoms with van der Waals surface area (Å²) in [5.74, 6) is 1.15. The van der Waals surface area contributed by atoms with E-state index in [4.69, 9.17) is 10.3 Å². The van der Waals surface area contributed by atoms with Crippen molar-refractivity contribution in [1.29, 1.82) is 0 Å². The summed E-state index contributed by atoms with van der Waals surface area (Å²) in [6, 6.07) is 5.20. The molecule has 0 aliphatic heterocycles. The van der Waals surface area contributed by atoms with Gasteiger partial charge in [0.1, 0.15) is 5.75 Å². The summed E-state index contributed by atoms with van der Waals surface area (Å²) < 4.78 is 5.64. The molecule has 1 aromatic carbocycles. The van der Waals surface area contributed by atoms with Crippen molar-refractivity contribution in [2.24, 2.45) is 0 Å². The van der Waals surface area contributed by atoms with Crippen molar-refractivity contribution in [1.82, 2.24) is 5.16 Å². The van der Waals surface area contributed by atoms with E-state index in [0.717, 1.165) is 11.1 Å². The number of nitrogens with two attached hydrogens (primary N) is 1. The molecule has 0 aliphatic rings. The number of phenols is 1. The Kier molecular flexibility index (Phi) is 2.40. The van der Waals surface area contributed by atoms with Gasteiger partial charge in [0.15, 0.2) is 11.6 Å². The molecule has 15 heavy (non-hydrogen) atoms. The summed E-state index contributed by atoms with van der Waals surface area (Å²) in [6.45, 7) is 1.81. The smallest absolute Gasteiger partial charge is 0.169 e. The van der Waals surface area contributed by atoms with Gasteiger partial charge in [-0.1, -0.05) is 5.16 Å². The fourth-order valence-electron chi connectivity index (χ4n) is 1.30. The van der Waals surface area contributed by atoms with E-state index in [1.54, 1.807) is 18.2 Å². The standard InChI is InChI=1S/C10H9BrN2O2/c1-5-2-6(3-7(11)10(5)14)8-4-9(12)13-15-8/h2-4,14H,1H3,(H2,12,13). The van der Waals surface area contributed by atoms with Crippen molar-refractivity contribution in [2.45, 2.75) is 6.92 Å². The van der Waals surface area contributed by atoms with E-state index in [1.807, 2.05) is 6.92 Å². The molecule has 0 aliphatic carbocycles. The average molecular weight is 269 g/mol. The summed E-state index contributed by atoms with van der Waals surface area (Å²) in [4.78, 5) is 0. The molecule has 0 fully saturated rings. The van der Waals surface area contributed by atoms with Gasteiger partial charge in [-0.05, 0) is 40.5 Å². The van der Waals surface area contributed by atoms with Crippen LogP contribution in [0.25, 0.3) is 11.3 Å². The van der Waals surface area contributed by atoms with E-state index in [2.05, 4.69) is 21.1 Å². The maximum Gasteiger partial charge on any atom is 0.169 e. The topological polar surface area (TPSA) is 72.3 Å². The third-order valence-corrected chi connectivity index (χ3v) is 2.67. The van der Waals surface area contributed by atoms with Crippen LogP contribution >= 0.6 is 15.9 Å². The van der Waals surface area contributed by atoms with Crippen LogP contribution in [0, 0.1) is 6.92 Å². The third kappa shape index (κ3) is 1.83. The molecule has 0 amide bonds. The molecular formula is C10H9BrN2O2. The van der Waals surface area contributed by atoms with Gasteiger partial charge < -0.3 is 15.4 Å². The van der Waals surface area contributed by atoms with E-state index < -0.39 is 0 Å². The Morgan fingerprint density at radius 2 is 2.13 bits per heavy atom.